The Kier molecular flexibility index (Phi) is 5.58. The molecule has 0 saturated heterocycles. The van der Waals surface area contributed by atoms with Gasteiger partial charge in [-0.2, -0.15) is 4.73 Å². The smallest absolute Gasteiger partial charge is 0.258 e. The van der Waals surface area contributed by atoms with E-state index in [0.29, 0.717) is 33.8 Å². The minimum Gasteiger partial charge on any atom is -0.428 e. The highest BCUT2D eigenvalue weighted by Gasteiger charge is 2.30. The molecule has 0 spiro atoms. The highest BCUT2D eigenvalue weighted by Crippen LogP contribution is 2.41. The molecule has 0 atom stereocenters. The average molecular weight is 414 g/mol. The number of halogens is 1. The maximum atomic E-state index is 13.6. The van der Waals surface area contributed by atoms with Gasteiger partial charge in [0.25, 0.3) is 5.91 Å². The number of hydrogen-bond donors (Lipinski definition) is 2. The second-order valence-electron chi connectivity index (χ2n) is 7.64. The summed E-state index contributed by atoms with van der Waals surface area (Å²) in [6.07, 6.45) is 0. The van der Waals surface area contributed by atoms with Gasteiger partial charge in [-0.05, 0) is 47.9 Å². The number of para-hydroxylation sites is 1. The Balaban J connectivity index is 1.99. The molecule has 0 aliphatic heterocycles. The maximum Gasteiger partial charge on any atom is 0.258 e. The first kappa shape index (κ1) is 20.4. The Morgan fingerprint density at radius 2 is 1.45 bits per heavy atom. The molecule has 4 rings (SSSR count). The first-order chi connectivity index (χ1) is 15.0. The van der Waals surface area contributed by atoms with Crippen molar-refractivity contribution in [1.29, 1.82) is 0 Å². The van der Waals surface area contributed by atoms with Crippen molar-refractivity contribution < 1.29 is 14.4 Å². The van der Waals surface area contributed by atoms with Crippen LogP contribution in [-0.4, -0.2) is 15.8 Å². The lowest BCUT2D eigenvalue weighted by atomic mass is 9.94. The molecule has 1 heterocycles. The van der Waals surface area contributed by atoms with Gasteiger partial charge in [0.1, 0.15) is 5.82 Å². The van der Waals surface area contributed by atoms with Crippen LogP contribution in [0, 0.1) is 5.82 Å². The molecule has 156 valence electrons. The summed E-state index contributed by atoms with van der Waals surface area (Å²) in [7, 11) is 0. The summed E-state index contributed by atoms with van der Waals surface area (Å²) in [5, 5.41) is 14.1. The van der Waals surface area contributed by atoms with Crippen LogP contribution in [0.2, 0.25) is 0 Å². The fourth-order valence-electron chi connectivity index (χ4n) is 3.82. The molecule has 0 aliphatic rings. The molecule has 0 fully saturated rings. The number of benzene rings is 3. The highest BCUT2D eigenvalue weighted by atomic mass is 19.1. The van der Waals surface area contributed by atoms with E-state index in [-0.39, 0.29) is 17.6 Å². The third-order valence-corrected chi connectivity index (χ3v) is 5.17. The van der Waals surface area contributed by atoms with Gasteiger partial charge in [-0.3, -0.25) is 4.79 Å². The van der Waals surface area contributed by atoms with Crippen LogP contribution in [0.15, 0.2) is 84.9 Å². The predicted molar refractivity (Wildman–Crippen MR) is 121 cm³/mol. The number of nitrogens with one attached hydrogen (secondary N) is 1. The summed E-state index contributed by atoms with van der Waals surface area (Å²) in [6.45, 7) is 3.84. The van der Waals surface area contributed by atoms with E-state index in [1.165, 1.54) is 12.1 Å². The minimum absolute atomic E-state index is 0.141. The lowest BCUT2D eigenvalue weighted by Gasteiger charge is -2.11. The van der Waals surface area contributed by atoms with Gasteiger partial charge in [0, 0.05) is 16.8 Å². The van der Waals surface area contributed by atoms with E-state index in [2.05, 4.69) is 5.32 Å². The number of rotatable bonds is 5. The molecular weight excluding hydrogens is 391 g/mol. The summed E-state index contributed by atoms with van der Waals surface area (Å²) in [4.78, 5) is 13.5. The van der Waals surface area contributed by atoms with Gasteiger partial charge in [-0.25, -0.2) is 4.39 Å². The quantitative estimate of drug-likeness (QED) is 0.363. The Hall–Kier alpha value is -3.86. The Labute approximate surface area is 180 Å². The van der Waals surface area contributed by atoms with Crippen molar-refractivity contribution in [1.82, 2.24) is 4.73 Å². The summed E-state index contributed by atoms with van der Waals surface area (Å²) >= 11 is 0. The van der Waals surface area contributed by atoms with Gasteiger partial charge in [-0.15, -0.1) is 0 Å². The van der Waals surface area contributed by atoms with E-state index in [0.717, 1.165) is 10.3 Å². The van der Waals surface area contributed by atoms with Gasteiger partial charge in [-0.1, -0.05) is 62.4 Å². The average Bonchev–Trinajstić information content (AvgIpc) is 3.09. The van der Waals surface area contributed by atoms with Crippen LogP contribution in [0.4, 0.5) is 10.1 Å². The monoisotopic (exact) mass is 414 g/mol. The zero-order valence-electron chi connectivity index (χ0n) is 17.3. The van der Waals surface area contributed by atoms with E-state index < -0.39 is 0 Å². The minimum atomic E-state index is -0.368. The number of anilines is 1. The largest absolute Gasteiger partial charge is 0.428 e. The Morgan fingerprint density at radius 1 is 0.871 bits per heavy atom. The fraction of sp³-hybridized carbons (Fsp3) is 0.115. The van der Waals surface area contributed by atoms with Crippen molar-refractivity contribution in [3.8, 4) is 22.4 Å². The maximum absolute atomic E-state index is 13.6. The standard InChI is InChI=1S/C26H23FN2O2/c1-17(2)24-23(26(30)28-21-11-7-4-8-12-21)22(18-9-5-3-6-10-18)25(29(24)31)19-13-15-20(27)16-14-19/h3-17,31H,1-2H3,(H,28,30). The molecule has 0 aliphatic carbocycles. The first-order valence-corrected chi connectivity index (χ1v) is 10.1. The normalized spacial score (nSPS) is 11.0. The van der Waals surface area contributed by atoms with E-state index in [9.17, 15) is 14.4 Å². The molecule has 0 unspecified atom stereocenters. The Bertz CT molecular complexity index is 1200. The Morgan fingerprint density at radius 3 is 2.03 bits per heavy atom. The van der Waals surface area contributed by atoms with Crippen LogP contribution >= 0.6 is 0 Å². The van der Waals surface area contributed by atoms with E-state index in [4.69, 9.17) is 0 Å². The van der Waals surface area contributed by atoms with Crippen LogP contribution < -0.4 is 5.32 Å². The van der Waals surface area contributed by atoms with Gasteiger partial charge in [0.15, 0.2) is 0 Å². The molecule has 1 amide bonds. The number of nitrogens with zero attached hydrogens (tertiary/aromatic N) is 1. The SMILES string of the molecule is CC(C)c1c(C(=O)Nc2ccccc2)c(-c2ccccc2)c(-c2ccc(F)cc2)n1O. The summed E-state index contributed by atoms with van der Waals surface area (Å²) in [5.41, 5.74) is 4.01. The third-order valence-electron chi connectivity index (χ3n) is 5.17. The second kappa shape index (κ2) is 8.48. The highest BCUT2D eigenvalue weighted by molar-refractivity contribution is 6.12. The van der Waals surface area contributed by atoms with Gasteiger partial charge in [0.05, 0.1) is 17.0 Å². The topological polar surface area (TPSA) is 54.3 Å². The van der Waals surface area contributed by atoms with Crippen molar-refractivity contribution in [2.45, 2.75) is 19.8 Å². The summed E-state index contributed by atoms with van der Waals surface area (Å²) < 4.78 is 14.6. The molecule has 3 aromatic carbocycles. The molecule has 2 N–H and O–H groups in total. The van der Waals surface area contributed by atoms with Gasteiger partial charge < -0.3 is 10.5 Å². The number of amides is 1. The molecule has 0 radical (unpaired) electrons. The van der Waals surface area contributed by atoms with Gasteiger partial charge in [0.2, 0.25) is 0 Å². The van der Waals surface area contributed by atoms with E-state index in [1.807, 2.05) is 74.5 Å². The second-order valence-corrected chi connectivity index (χ2v) is 7.64. The zero-order valence-corrected chi connectivity index (χ0v) is 17.3. The van der Waals surface area contributed by atoms with Crippen LogP contribution in [0.3, 0.4) is 0 Å². The van der Waals surface area contributed by atoms with Crippen molar-refractivity contribution >= 4 is 11.6 Å². The van der Waals surface area contributed by atoms with Crippen LogP contribution in [0.1, 0.15) is 35.8 Å². The molecule has 1 aromatic heterocycles. The van der Waals surface area contributed by atoms with E-state index >= 15 is 0 Å². The van der Waals surface area contributed by atoms with Crippen molar-refractivity contribution in [3.05, 3.63) is 102 Å². The molecule has 31 heavy (non-hydrogen) atoms. The molecular formula is C26H23FN2O2. The molecule has 0 saturated carbocycles. The van der Waals surface area contributed by atoms with Gasteiger partial charge >= 0.3 is 0 Å². The van der Waals surface area contributed by atoms with Crippen molar-refractivity contribution in [2.75, 3.05) is 5.32 Å². The van der Waals surface area contributed by atoms with Crippen molar-refractivity contribution in [2.24, 2.45) is 0 Å². The molecule has 4 nitrogen and oxygen atoms in total. The molecule has 5 heteroatoms. The zero-order chi connectivity index (χ0) is 22.0. The number of hydrogen-bond acceptors (Lipinski definition) is 2. The summed E-state index contributed by atoms with van der Waals surface area (Å²) in [5.74, 6) is -0.824. The van der Waals surface area contributed by atoms with Crippen molar-refractivity contribution in [3.63, 3.8) is 0 Å². The van der Waals surface area contributed by atoms with E-state index in [1.54, 1.807) is 12.1 Å². The summed E-state index contributed by atoms with van der Waals surface area (Å²) in [6, 6.07) is 24.5. The fourth-order valence-corrected chi connectivity index (χ4v) is 3.82. The first-order valence-electron chi connectivity index (χ1n) is 10.1. The third kappa shape index (κ3) is 3.94. The number of carbonyl (C=O) groups is 1. The van der Waals surface area contributed by atoms with Crippen LogP contribution in [0.5, 0.6) is 0 Å². The number of carbonyl (C=O) groups excluding carboxylic acids is 1. The lowest BCUT2D eigenvalue weighted by molar-refractivity contribution is 0.102. The lowest BCUT2D eigenvalue weighted by Crippen LogP contribution is -2.16. The molecule has 4 aromatic rings. The molecule has 0 bridgehead atoms. The predicted octanol–water partition coefficient (Wildman–Crippen LogP) is 6.57. The number of aromatic nitrogens is 1. The van der Waals surface area contributed by atoms with Crippen LogP contribution in [-0.2, 0) is 0 Å². The van der Waals surface area contributed by atoms with Crippen LogP contribution in [0.25, 0.3) is 22.4 Å².